The lowest BCUT2D eigenvalue weighted by atomic mass is 10.2. The van der Waals surface area contributed by atoms with Gasteiger partial charge < -0.3 is 9.57 Å². The van der Waals surface area contributed by atoms with Crippen LogP contribution in [0.1, 0.15) is 18.1 Å². The Bertz CT molecular complexity index is 646. The number of ether oxygens (including phenoxy) is 1. The van der Waals surface area contributed by atoms with Gasteiger partial charge in [0.1, 0.15) is 5.75 Å². The van der Waals surface area contributed by atoms with Crippen molar-refractivity contribution < 1.29 is 14.4 Å². The number of nitrogens with zero attached hydrogens (tertiary/aromatic N) is 1. The molecule has 0 fully saturated rings. The third-order valence-corrected chi connectivity index (χ3v) is 2.75. The van der Waals surface area contributed by atoms with Crippen LogP contribution >= 0.6 is 0 Å². The van der Waals surface area contributed by atoms with E-state index in [-0.39, 0.29) is 0 Å². The second kappa shape index (κ2) is 8.42. The summed E-state index contributed by atoms with van der Waals surface area (Å²) in [4.78, 5) is 16.3. The molecule has 0 spiro atoms. The van der Waals surface area contributed by atoms with Crippen LogP contribution in [0.2, 0.25) is 0 Å². The van der Waals surface area contributed by atoms with E-state index in [4.69, 9.17) is 9.57 Å². The molecule has 0 saturated carbocycles. The first-order valence-electron chi connectivity index (χ1n) is 6.98. The van der Waals surface area contributed by atoms with Crippen LogP contribution in [-0.2, 0) is 9.63 Å². The predicted molar refractivity (Wildman–Crippen MR) is 86.8 cm³/mol. The summed E-state index contributed by atoms with van der Waals surface area (Å²) in [6, 6.07) is 16.8. The molecule has 0 saturated heterocycles. The number of rotatable bonds is 6. The van der Waals surface area contributed by atoms with Crippen LogP contribution in [0, 0.1) is 0 Å². The van der Waals surface area contributed by atoms with Gasteiger partial charge in [-0.2, -0.15) is 0 Å². The van der Waals surface area contributed by atoms with Crippen molar-refractivity contribution in [3.63, 3.8) is 0 Å². The normalized spacial score (nSPS) is 11.0. The predicted octanol–water partition coefficient (Wildman–Crippen LogP) is 3.68. The fourth-order valence-corrected chi connectivity index (χ4v) is 1.71. The molecule has 0 aliphatic heterocycles. The molecule has 0 heterocycles. The highest BCUT2D eigenvalue weighted by Gasteiger charge is 1.96. The summed E-state index contributed by atoms with van der Waals surface area (Å²) in [6.45, 7) is 2.55. The number of hydrogen-bond donors (Lipinski definition) is 0. The molecule has 0 amide bonds. The van der Waals surface area contributed by atoms with E-state index in [0.717, 1.165) is 16.9 Å². The van der Waals surface area contributed by atoms with E-state index in [1.54, 1.807) is 6.08 Å². The number of benzene rings is 2. The molecule has 0 unspecified atom stereocenters. The average molecular weight is 295 g/mol. The molecule has 2 rings (SSSR count). The molecule has 0 aliphatic rings. The van der Waals surface area contributed by atoms with E-state index >= 15 is 0 Å². The zero-order chi connectivity index (χ0) is 15.6. The van der Waals surface area contributed by atoms with Crippen LogP contribution < -0.4 is 4.74 Å². The Hall–Kier alpha value is -2.88. The van der Waals surface area contributed by atoms with Crippen LogP contribution in [0.3, 0.4) is 0 Å². The van der Waals surface area contributed by atoms with E-state index < -0.39 is 5.97 Å². The van der Waals surface area contributed by atoms with E-state index in [1.165, 1.54) is 12.3 Å². The topological polar surface area (TPSA) is 47.9 Å². The van der Waals surface area contributed by atoms with E-state index in [9.17, 15) is 4.79 Å². The lowest BCUT2D eigenvalue weighted by Gasteiger charge is -2.01. The zero-order valence-electron chi connectivity index (χ0n) is 12.3. The Labute approximate surface area is 129 Å². The van der Waals surface area contributed by atoms with E-state index in [1.807, 2.05) is 61.5 Å². The van der Waals surface area contributed by atoms with Gasteiger partial charge in [-0.25, -0.2) is 4.79 Å². The maximum absolute atomic E-state index is 11.5. The molecule has 0 bridgehead atoms. The Kier molecular flexibility index (Phi) is 5.93. The smallest absolute Gasteiger partial charge is 0.358 e. The van der Waals surface area contributed by atoms with Crippen molar-refractivity contribution in [3.05, 3.63) is 71.8 Å². The van der Waals surface area contributed by atoms with Crippen LogP contribution in [0.5, 0.6) is 5.75 Å². The first-order valence-corrected chi connectivity index (χ1v) is 6.98. The van der Waals surface area contributed by atoms with E-state index in [2.05, 4.69) is 5.16 Å². The molecule has 0 aromatic heterocycles. The highest BCUT2D eigenvalue weighted by molar-refractivity contribution is 5.88. The molecule has 0 N–H and O–H groups in total. The number of hydrogen-bond acceptors (Lipinski definition) is 4. The summed E-state index contributed by atoms with van der Waals surface area (Å²) in [5.74, 6) is 0.272. The maximum atomic E-state index is 11.5. The summed E-state index contributed by atoms with van der Waals surface area (Å²) in [6.07, 6.45) is 4.49. The van der Waals surface area contributed by atoms with Crippen molar-refractivity contribution in [2.75, 3.05) is 6.61 Å². The van der Waals surface area contributed by atoms with Crippen molar-refractivity contribution in [1.82, 2.24) is 0 Å². The minimum absolute atomic E-state index is 0.522. The van der Waals surface area contributed by atoms with Crippen molar-refractivity contribution in [1.29, 1.82) is 0 Å². The van der Waals surface area contributed by atoms with Gasteiger partial charge in [0.05, 0.1) is 12.8 Å². The third-order valence-electron chi connectivity index (χ3n) is 2.75. The molecule has 2 aromatic carbocycles. The van der Waals surface area contributed by atoms with Gasteiger partial charge in [-0.3, -0.25) is 0 Å². The zero-order valence-corrected chi connectivity index (χ0v) is 12.3. The second-order valence-electron chi connectivity index (χ2n) is 4.39. The molecule has 2 aromatic rings. The highest BCUT2D eigenvalue weighted by atomic mass is 16.7. The van der Waals surface area contributed by atoms with Crippen molar-refractivity contribution in [2.45, 2.75) is 6.92 Å². The fourth-order valence-electron chi connectivity index (χ4n) is 1.71. The minimum Gasteiger partial charge on any atom is -0.494 e. The lowest BCUT2D eigenvalue weighted by Crippen LogP contribution is -1.95. The lowest BCUT2D eigenvalue weighted by molar-refractivity contribution is -0.137. The average Bonchev–Trinajstić information content (AvgIpc) is 2.56. The maximum Gasteiger partial charge on any atom is 0.358 e. The van der Waals surface area contributed by atoms with Gasteiger partial charge >= 0.3 is 5.97 Å². The first kappa shape index (κ1) is 15.5. The Morgan fingerprint density at radius 1 is 1.05 bits per heavy atom. The van der Waals surface area contributed by atoms with Gasteiger partial charge in [-0.05, 0) is 48.4 Å². The van der Waals surface area contributed by atoms with Crippen LogP contribution in [-0.4, -0.2) is 18.8 Å². The van der Waals surface area contributed by atoms with Crippen LogP contribution in [0.4, 0.5) is 0 Å². The summed E-state index contributed by atoms with van der Waals surface area (Å²) in [5.41, 5.74) is 1.75. The van der Waals surface area contributed by atoms with Gasteiger partial charge in [-0.15, -0.1) is 0 Å². The molecular formula is C18H17NO3. The second-order valence-corrected chi connectivity index (χ2v) is 4.39. The standard InChI is InChI=1S/C18H17NO3/c1-2-21-17-11-8-16(9-12-17)14-19-22-18(20)13-10-15-6-4-3-5-7-15/h3-14H,2H2,1H3/b13-10-,19-14?. The molecular weight excluding hydrogens is 278 g/mol. The third kappa shape index (κ3) is 5.25. The number of carbonyl (C=O) groups excluding carboxylic acids is 1. The monoisotopic (exact) mass is 295 g/mol. The molecule has 4 nitrogen and oxygen atoms in total. The highest BCUT2D eigenvalue weighted by Crippen LogP contribution is 2.10. The van der Waals surface area contributed by atoms with Gasteiger partial charge in [-0.1, -0.05) is 35.5 Å². The number of carbonyl (C=O) groups is 1. The largest absolute Gasteiger partial charge is 0.494 e. The summed E-state index contributed by atoms with van der Waals surface area (Å²) in [5, 5.41) is 3.66. The molecule has 112 valence electrons. The minimum atomic E-state index is -0.522. The van der Waals surface area contributed by atoms with Crippen LogP contribution in [0.25, 0.3) is 6.08 Å². The number of oxime groups is 1. The van der Waals surface area contributed by atoms with Gasteiger partial charge in [0.2, 0.25) is 0 Å². The van der Waals surface area contributed by atoms with Crippen molar-refractivity contribution >= 4 is 18.3 Å². The summed E-state index contributed by atoms with van der Waals surface area (Å²) in [7, 11) is 0. The van der Waals surface area contributed by atoms with Gasteiger partial charge in [0.25, 0.3) is 0 Å². The first-order chi connectivity index (χ1) is 10.8. The molecule has 22 heavy (non-hydrogen) atoms. The van der Waals surface area contributed by atoms with Crippen LogP contribution in [0.15, 0.2) is 65.8 Å². The van der Waals surface area contributed by atoms with Gasteiger partial charge in [0.15, 0.2) is 0 Å². The fraction of sp³-hybridized carbons (Fsp3) is 0.111. The Morgan fingerprint density at radius 2 is 1.77 bits per heavy atom. The molecule has 0 aliphatic carbocycles. The SMILES string of the molecule is CCOc1ccc(C=NOC(=O)/C=C\c2ccccc2)cc1. The molecule has 0 radical (unpaired) electrons. The van der Waals surface area contributed by atoms with Gasteiger partial charge in [0, 0.05) is 6.08 Å². The Balaban J connectivity index is 1.84. The summed E-state index contributed by atoms with van der Waals surface area (Å²) >= 11 is 0. The van der Waals surface area contributed by atoms with E-state index in [0.29, 0.717) is 6.61 Å². The quantitative estimate of drug-likeness (QED) is 0.353. The molecule has 0 atom stereocenters. The van der Waals surface area contributed by atoms with Crippen molar-refractivity contribution in [3.8, 4) is 5.75 Å². The summed E-state index contributed by atoms with van der Waals surface area (Å²) < 4.78 is 5.34. The van der Waals surface area contributed by atoms with Crippen molar-refractivity contribution in [2.24, 2.45) is 5.16 Å². The Morgan fingerprint density at radius 3 is 2.45 bits per heavy atom. The molecule has 4 heteroatoms.